The lowest BCUT2D eigenvalue weighted by Crippen LogP contribution is -2.27. The van der Waals surface area contributed by atoms with Crippen molar-refractivity contribution in [2.24, 2.45) is 0 Å². The smallest absolute Gasteiger partial charge is 0.331 e. The first-order chi connectivity index (χ1) is 7.70. The summed E-state index contributed by atoms with van der Waals surface area (Å²) in [5.41, 5.74) is 3.65. The first-order valence-corrected chi connectivity index (χ1v) is 5.42. The van der Waals surface area contributed by atoms with Crippen molar-refractivity contribution >= 4 is 11.5 Å². The summed E-state index contributed by atoms with van der Waals surface area (Å²) < 4.78 is 0. The molecule has 0 aromatic heterocycles. The minimum absolute atomic E-state index is 0.549. The van der Waals surface area contributed by atoms with Gasteiger partial charge in [0.2, 0.25) is 0 Å². The molecular weight excluding hydrogens is 202 g/mol. The molecule has 0 spiro atoms. The van der Waals surface area contributed by atoms with Crippen LogP contribution in [0.3, 0.4) is 0 Å². The zero-order valence-corrected chi connectivity index (χ0v) is 9.29. The summed E-state index contributed by atoms with van der Waals surface area (Å²) in [6.45, 7) is 3.40. The average molecular weight is 217 g/mol. The number of carbonyl (C=O) groups is 1. The molecule has 0 radical (unpaired) electrons. The van der Waals surface area contributed by atoms with Crippen LogP contribution in [0.5, 0.6) is 0 Å². The van der Waals surface area contributed by atoms with Gasteiger partial charge in [-0.1, -0.05) is 24.3 Å². The first-order valence-electron chi connectivity index (χ1n) is 5.42. The third-order valence-electron chi connectivity index (χ3n) is 2.95. The van der Waals surface area contributed by atoms with Crippen LogP contribution in [0.2, 0.25) is 0 Å². The van der Waals surface area contributed by atoms with Crippen molar-refractivity contribution in [2.45, 2.75) is 13.3 Å². The van der Waals surface area contributed by atoms with Gasteiger partial charge in [-0.2, -0.15) is 0 Å². The quantitative estimate of drug-likeness (QED) is 0.794. The maximum absolute atomic E-state index is 11.2. The van der Waals surface area contributed by atoms with E-state index in [0.717, 1.165) is 23.2 Å². The normalized spacial score (nSPS) is 16.3. The molecule has 1 aliphatic heterocycles. The van der Waals surface area contributed by atoms with E-state index in [9.17, 15) is 9.90 Å². The third-order valence-corrected chi connectivity index (χ3v) is 2.95. The zero-order chi connectivity index (χ0) is 11.5. The molecule has 84 valence electrons. The van der Waals surface area contributed by atoms with Gasteiger partial charge in [-0.05, 0) is 36.6 Å². The summed E-state index contributed by atoms with van der Waals surface area (Å²) in [5, 5.41) is 12.4. The molecule has 1 aromatic rings. The van der Waals surface area contributed by atoms with Crippen LogP contribution < -0.4 is 5.32 Å². The van der Waals surface area contributed by atoms with Gasteiger partial charge < -0.3 is 10.4 Å². The number of hydrogen-bond acceptors (Lipinski definition) is 2. The molecule has 0 aliphatic carbocycles. The fourth-order valence-electron chi connectivity index (χ4n) is 2.09. The van der Waals surface area contributed by atoms with Crippen LogP contribution in [0.1, 0.15) is 17.5 Å². The number of aryl methyl sites for hydroxylation is 1. The van der Waals surface area contributed by atoms with Crippen molar-refractivity contribution in [3.63, 3.8) is 0 Å². The second-order valence-corrected chi connectivity index (χ2v) is 4.00. The molecule has 0 bridgehead atoms. The average Bonchev–Trinajstić information content (AvgIpc) is 2.29. The lowest BCUT2D eigenvalue weighted by atomic mass is 9.92. The Kier molecular flexibility index (Phi) is 3.06. The van der Waals surface area contributed by atoms with Crippen LogP contribution in [0.25, 0.3) is 5.57 Å². The minimum Gasteiger partial charge on any atom is -0.478 e. The molecule has 0 saturated carbocycles. The van der Waals surface area contributed by atoms with Crippen molar-refractivity contribution in [2.75, 3.05) is 13.1 Å². The van der Waals surface area contributed by atoms with E-state index in [0.29, 0.717) is 18.5 Å². The Hall–Kier alpha value is -1.61. The number of nitrogens with one attached hydrogen (secondary N) is 1. The van der Waals surface area contributed by atoms with Gasteiger partial charge >= 0.3 is 5.97 Å². The monoisotopic (exact) mass is 217 g/mol. The molecule has 16 heavy (non-hydrogen) atoms. The summed E-state index contributed by atoms with van der Waals surface area (Å²) in [6.07, 6.45) is 0.596. The third kappa shape index (κ3) is 1.99. The number of aliphatic carboxylic acids is 1. The molecule has 0 atom stereocenters. The highest BCUT2D eigenvalue weighted by Crippen LogP contribution is 2.25. The standard InChI is InChI=1S/C13H15NO2/c1-9-4-2-3-5-10(9)12-8-14-7-6-11(12)13(15)16/h2-5,14H,6-8H2,1H3,(H,15,16). The summed E-state index contributed by atoms with van der Waals surface area (Å²) in [5.74, 6) is -0.792. The Bertz CT molecular complexity index is 449. The second kappa shape index (κ2) is 4.49. The summed E-state index contributed by atoms with van der Waals surface area (Å²) in [4.78, 5) is 11.2. The van der Waals surface area contributed by atoms with Crippen LogP contribution in [0.4, 0.5) is 0 Å². The molecule has 2 rings (SSSR count). The summed E-state index contributed by atoms with van der Waals surface area (Å²) in [7, 11) is 0. The number of benzene rings is 1. The second-order valence-electron chi connectivity index (χ2n) is 4.00. The Labute approximate surface area is 94.8 Å². The molecule has 1 aliphatic rings. The van der Waals surface area contributed by atoms with Crippen LogP contribution in [0, 0.1) is 6.92 Å². The van der Waals surface area contributed by atoms with Crippen LogP contribution >= 0.6 is 0 Å². The maximum atomic E-state index is 11.2. The topological polar surface area (TPSA) is 49.3 Å². The lowest BCUT2D eigenvalue weighted by molar-refractivity contribution is -0.132. The van der Waals surface area contributed by atoms with Crippen molar-refractivity contribution in [3.05, 3.63) is 41.0 Å². The highest BCUT2D eigenvalue weighted by Gasteiger charge is 2.19. The molecule has 2 N–H and O–H groups in total. The molecule has 1 aromatic carbocycles. The predicted molar refractivity (Wildman–Crippen MR) is 63.2 cm³/mol. The number of carboxylic acid groups (broad SMARTS) is 1. The highest BCUT2D eigenvalue weighted by atomic mass is 16.4. The number of rotatable bonds is 2. The van der Waals surface area contributed by atoms with E-state index in [1.807, 2.05) is 31.2 Å². The first kappa shape index (κ1) is 10.9. The predicted octanol–water partition coefficient (Wildman–Crippen LogP) is 1.83. The van der Waals surface area contributed by atoms with Crippen LogP contribution in [-0.2, 0) is 4.79 Å². The molecule has 3 heteroatoms. The molecule has 0 unspecified atom stereocenters. The highest BCUT2D eigenvalue weighted by molar-refractivity contribution is 5.97. The van der Waals surface area contributed by atoms with E-state index in [1.165, 1.54) is 0 Å². The SMILES string of the molecule is Cc1ccccc1C1=C(C(=O)O)CCNC1. The van der Waals surface area contributed by atoms with Gasteiger partial charge in [0, 0.05) is 12.1 Å². The molecular formula is C13H15NO2. The fourth-order valence-corrected chi connectivity index (χ4v) is 2.09. The molecule has 3 nitrogen and oxygen atoms in total. The Morgan fingerprint density at radius 3 is 2.81 bits per heavy atom. The molecule has 0 amide bonds. The maximum Gasteiger partial charge on any atom is 0.331 e. The van der Waals surface area contributed by atoms with Gasteiger partial charge in [-0.3, -0.25) is 0 Å². The van der Waals surface area contributed by atoms with E-state index < -0.39 is 5.97 Å². The van der Waals surface area contributed by atoms with Gasteiger partial charge in [0.25, 0.3) is 0 Å². The van der Waals surface area contributed by atoms with E-state index in [1.54, 1.807) is 0 Å². The van der Waals surface area contributed by atoms with Crippen LogP contribution in [-0.4, -0.2) is 24.2 Å². The van der Waals surface area contributed by atoms with Crippen molar-refractivity contribution < 1.29 is 9.90 Å². The van der Waals surface area contributed by atoms with Crippen molar-refractivity contribution in [3.8, 4) is 0 Å². The molecule has 0 fully saturated rings. The van der Waals surface area contributed by atoms with Crippen LogP contribution in [0.15, 0.2) is 29.8 Å². The number of carboxylic acids is 1. The van der Waals surface area contributed by atoms with E-state index >= 15 is 0 Å². The van der Waals surface area contributed by atoms with Crippen molar-refractivity contribution in [1.82, 2.24) is 5.32 Å². The molecule has 1 heterocycles. The molecule has 0 saturated heterocycles. The van der Waals surface area contributed by atoms with E-state index in [-0.39, 0.29) is 0 Å². The summed E-state index contributed by atoms with van der Waals surface area (Å²) in [6, 6.07) is 7.91. The van der Waals surface area contributed by atoms with Crippen molar-refractivity contribution in [1.29, 1.82) is 0 Å². The zero-order valence-electron chi connectivity index (χ0n) is 9.29. The van der Waals surface area contributed by atoms with E-state index in [2.05, 4.69) is 5.32 Å². The van der Waals surface area contributed by atoms with E-state index in [4.69, 9.17) is 0 Å². The van der Waals surface area contributed by atoms with Gasteiger partial charge in [0.05, 0.1) is 0 Å². The van der Waals surface area contributed by atoms with Gasteiger partial charge in [-0.25, -0.2) is 4.79 Å². The van der Waals surface area contributed by atoms with Gasteiger partial charge in [-0.15, -0.1) is 0 Å². The Balaban J connectivity index is 2.52. The van der Waals surface area contributed by atoms with Gasteiger partial charge in [0.15, 0.2) is 0 Å². The fraction of sp³-hybridized carbons (Fsp3) is 0.308. The Morgan fingerprint density at radius 2 is 2.12 bits per heavy atom. The Morgan fingerprint density at radius 1 is 1.38 bits per heavy atom. The lowest BCUT2D eigenvalue weighted by Gasteiger charge is -2.20. The largest absolute Gasteiger partial charge is 0.478 e. The number of hydrogen-bond donors (Lipinski definition) is 2. The minimum atomic E-state index is -0.792. The van der Waals surface area contributed by atoms with Gasteiger partial charge in [0.1, 0.15) is 0 Å². The summed E-state index contributed by atoms with van der Waals surface area (Å²) >= 11 is 0.